The minimum atomic E-state index is -1.05. The average molecular weight is 191 g/mol. The van der Waals surface area contributed by atoms with Crippen molar-refractivity contribution in [3.8, 4) is 0 Å². The van der Waals surface area contributed by atoms with Gasteiger partial charge in [-0.3, -0.25) is 4.40 Å². The molecule has 72 valence electrons. The summed E-state index contributed by atoms with van der Waals surface area (Å²) in [5.41, 5.74) is 2.21. The molecule has 5 heteroatoms. The maximum Gasteiger partial charge on any atom is 0.358 e. The predicted octanol–water partition coefficient (Wildman–Crippen LogP) is 1.04. The summed E-state index contributed by atoms with van der Waals surface area (Å²) in [7, 11) is 0. The summed E-state index contributed by atoms with van der Waals surface area (Å²) < 4.78 is 1.62. The maximum atomic E-state index is 10.8. The van der Waals surface area contributed by atoms with E-state index in [1.165, 1.54) is 6.33 Å². The largest absolute Gasteiger partial charge is 0.476 e. The Morgan fingerprint density at radius 2 is 2.21 bits per heavy atom. The number of hydrogen-bond donors (Lipinski definition) is 1. The molecule has 2 aromatic rings. The van der Waals surface area contributed by atoms with Gasteiger partial charge in [0.05, 0.1) is 0 Å². The van der Waals surface area contributed by atoms with E-state index in [4.69, 9.17) is 5.11 Å². The summed E-state index contributed by atoms with van der Waals surface area (Å²) in [6.07, 6.45) is 3.27. The number of imidazole rings is 1. The number of carbonyl (C=O) groups is 1. The Balaban J connectivity index is 2.80. The molecular weight excluding hydrogens is 182 g/mol. The molecule has 0 radical (unpaired) electrons. The predicted molar refractivity (Wildman–Crippen MR) is 49.4 cm³/mol. The van der Waals surface area contributed by atoms with Crippen molar-refractivity contribution in [1.82, 2.24) is 14.4 Å². The molecule has 1 N–H and O–H groups in total. The van der Waals surface area contributed by atoms with Gasteiger partial charge in [0.25, 0.3) is 0 Å². The maximum absolute atomic E-state index is 10.8. The van der Waals surface area contributed by atoms with Gasteiger partial charge in [-0.15, -0.1) is 0 Å². The van der Waals surface area contributed by atoms with Crippen LogP contribution in [0.5, 0.6) is 0 Å². The van der Waals surface area contributed by atoms with Gasteiger partial charge < -0.3 is 5.11 Å². The summed E-state index contributed by atoms with van der Waals surface area (Å²) in [6, 6.07) is 0. The van der Waals surface area contributed by atoms with Crippen LogP contribution in [0.4, 0.5) is 0 Å². The van der Waals surface area contributed by atoms with Crippen molar-refractivity contribution in [2.24, 2.45) is 0 Å². The quantitative estimate of drug-likeness (QED) is 0.731. The van der Waals surface area contributed by atoms with Crippen molar-refractivity contribution < 1.29 is 9.90 Å². The molecule has 0 atom stereocenters. The fraction of sp³-hybridized carbons (Fsp3) is 0.222. The van der Waals surface area contributed by atoms with Crippen LogP contribution in [0, 0.1) is 13.8 Å². The van der Waals surface area contributed by atoms with Crippen LogP contribution in [-0.2, 0) is 0 Å². The van der Waals surface area contributed by atoms with Crippen molar-refractivity contribution in [3.05, 3.63) is 29.5 Å². The summed E-state index contributed by atoms with van der Waals surface area (Å²) >= 11 is 0. The van der Waals surface area contributed by atoms with Crippen molar-refractivity contribution in [3.63, 3.8) is 0 Å². The molecule has 0 unspecified atom stereocenters. The van der Waals surface area contributed by atoms with Gasteiger partial charge in [0.2, 0.25) is 0 Å². The number of carboxylic acid groups (broad SMARTS) is 1. The van der Waals surface area contributed by atoms with Crippen molar-refractivity contribution in [2.75, 3.05) is 0 Å². The van der Waals surface area contributed by atoms with E-state index in [9.17, 15) is 4.79 Å². The number of hydrogen-bond acceptors (Lipinski definition) is 3. The molecule has 2 heterocycles. The highest BCUT2D eigenvalue weighted by molar-refractivity contribution is 5.92. The van der Waals surface area contributed by atoms with E-state index in [1.54, 1.807) is 4.40 Å². The zero-order valence-corrected chi connectivity index (χ0v) is 7.85. The van der Waals surface area contributed by atoms with Gasteiger partial charge in [0.15, 0.2) is 11.3 Å². The van der Waals surface area contributed by atoms with Crippen LogP contribution in [-0.4, -0.2) is 25.4 Å². The summed E-state index contributed by atoms with van der Waals surface area (Å²) in [5, 5.41) is 8.82. The molecule has 2 rings (SSSR count). The van der Waals surface area contributed by atoms with Crippen LogP contribution in [0.1, 0.15) is 21.7 Å². The molecule has 5 nitrogen and oxygen atoms in total. The molecular formula is C9H9N3O2. The number of rotatable bonds is 1. The van der Waals surface area contributed by atoms with Crippen LogP contribution >= 0.6 is 0 Å². The van der Waals surface area contributed by atoms with E-state index < -0.39 is 5.97 Å². The Kier molecular flexibility index (Phi) is 1.73. The van der Waals surface area contributed by atoms with E-state index in [1.807, 2.05) is 20.0 Å². The van der Waals surface area contributed by atoms with Gasteiger partial charge in [-0.2, -0.15) is 0 Å². The second-order valence-electron chi connectivity index (χ2n) is 3.14. The van der Waals surface area contributed by atoms with Crippen molar-refractivity contribution in [1.29, 1.82) is 0 Å². The lowest BCUT2D eigenvalue weighted by molar-refractivity contribution is 0.0693. The van der Waals surface area contributed by atoms with Crippen molar-refractivity contribution in [2.45, 2.75) is 13.8 Å². The van der Waals surface area contributed by atoms with Gasteiger partial charge in [-0.25, -0.2) is 14.8 Å². The minimum absolute atomic E-state index is 0.00639. The Bertz CT molecular complexity index is 516. The van der Waals surface area contributed by atoms with Gasteiger partial charge in [0, 0.05) is 11.9 Å². The minimum Gasteiger partial charge on any atom is -0.476 e. The molecule has 0 aliphatic rings. The Morgan fingerprint density at radius 3 is 2.86 bits per heavy atom. The molecule has 0 saturated carbocycles. The van der Waals surface area contributed by atoms with Crippen LogP contribution in [0.25, 0.3) is 5.65 Å². The molecule has 0 aromatic carbocycles. The number of aromatic carboxylic acids is 1. The van der Waals surface area contributed by atoms with Crippen molar-refractivity contribution >= 4 is 11.6 Å². The smallest absolute Gasteiger partial charge is 0.358 e. The van der Waals surface area contributed by atoms with Gasteiger partial charge in [0.1, 0.15) is 6.33 Å². The molecule has 0 amide bonds. The summed E-state index contributed by atoms with van der Waals surface area (Å²) in [6.45, 7) is 3.76. The van der Waals surface area contributed by atoms with E-state index in [0.717, 1.165) is 11.3 Å². The van der Waals surface area contributed by atoms with E-state index in [0.29, 0.717) is 5.65 Å². The van der Waals surface area contributed by atoms with E-state index >= 15 is 0 Å². The third-order valence-corrected chi connectivity index (χ3v) is 2.15. The highest BCUT2D eigenvalue weighted by atomic mass is 16.4. The zero-order chi connectivity index (χ0) is 10.3. The lowest BCUT2D eigenvalue weighted by Gasteiger charge is -2.00. The fourth-order valence-electron chi connectivity index (χ4n) is 1.26. The van der Waals surface area contributed by atoms with Crippen LogP contribution < -0.4 is 0 Å². The third kappa shape index (κ3) is 1.14. The molecule has 0 aliphatic carbocycles. The van der Waals surface area contributed by atoms with Crippen LogP contribution in [0.15, 0.2) is 12.5 Å². The SMILES string of the molecule is Cc1cn2cnc(C(=O)O)c2nc1C. The van der Waals surface area contributed by atoms with Gasteiger partial charge in [-0.1, -0.05) is 0 Å². The molecule has 0 fully saturated rings. The second-order valence-corrected chi connectivity index (χ2v) is 3.14. The average Bonchev–Trinajstić information content (AvgIpc) is 2.48. The van der Waals surface area contributed by atoms with Gasteiger partial charge >= 0.3 is 5.97 Å². The van der Waals surface area contributed by atoms with Crippen LogP contribution in [0.3, 0.4) is 0 Å². The topological polar surface area (TPSA) is 67.5 Å². The molecule has 0 spiro atoms. The molecule has 0 bridgehead atoms. The summed E-state index contributed by atoms with van der Waals surface area (Å²) in [5.74, 6) is -1.05. The Morgan fingerprint density at radius 1 is 1.50 bits per heavy atom. The lowest BCUT2D eigenvalue weighted by atomic mass is 10.3. The number of carboxylic acids is 1. The Hall–Kier alpha value is -1.91. The first kappa shape index (κ1) is 8.68. The zero-order valence-electron chi connectivity index (χ0n) is 7.85. The monoisotopic (exact) mass is 191 g/mol. The number of fused-ring (bicyclic) bond motifs is 1. The first-order chi connectivity index (χ1) is 6.59. The van der Waals surface area contributed by atoms with Gasteiger partial charge in [-0.05, 0) is 19.4 Å². The third-order valence-electron chi connectivity index (χ3n) is 2.15. The van der Waals surface area contributed by atoms with E-state index in [2.05, 4.69) is 9.97 Å². The van der Waals surface area contributed by atoms with Crippen LogP contribution in [0.2, 0.25) is 0 Å². The molecule has 14 heavy (non-hydrogen) atoms. The summed E-state index contributed by atoms with van der Waals surface area (Å²) in [4.78, 5) is 18.7. The molecule has 2 aromatic heterocycles. The molecule has 0 aliphatic heterocycles. The fourth-order valence-corrected chi connectivity index (χ4v) is 1.26. The number of aryl methyl sites for hydroxylation is 2. The normalized spacial score (nSPS) is 10.7. The number of nitrogens with zero attached hydrogens (tertiary/aromatic N) is 3. The molecule has 0 saturated heterocycles. The highest BCUT2D eigenvalue weighted by Gasteiger charge is 2.13. The standard InChI is InChI=1S/C9H9N3O2/c1-5-3-12-4-10-7(9(13)14)8(12)11-6(5)2/h3-4H,1-2H3,(H,13,14). The highest BCUT2D eigenvalue weighted by Crippen LogP contribution is 2.10. The first-order valence-electron chi connectivity index (χ1n) is 4.14. The Labute approximate surface area is 80.0 Å². The second kappa shape index (κ2) is 2.80. The first-order valence-corrected chi connectivity index (χ1v) is 4.14. The lowest BCUT2D eigenvalue weighted by Crippen LogP contribution is -2.00. The number of aromatic nitrogens is 3. The van der Waals surface area contributed by atoms with E-state index in [-0.39, 0.29) is 5.69 Å².